The summed E-state index contributed by atoms with van der Waals surface area (Å²) in [6.45, 7) is 0.290. The summed E-state index contributed by atoms with van der Waals surface area (Å²) in [6, 6.07) is 20.8. The number of benzene rings is 2. The molecule has 0 bridgehead atoms. The maximum atomic E-state index is 14.5. The van der Waals surface area contributed by atoms with Crippen LogP contribution in [0.3, 0.4) is 0 Å². The van der Waals surface area contributed by atoms with Crippen LogP contribution >= 0.6 is 0 Å². The lowest BCUT2D eigenvalue weighted by Crippen LogP contribution is -1.98. The van der Waals surface area contributed by atoms with Crippen molar-refractivity contribution in [1.82, 2.24) is 19.7 Å². The molecule has 3 heterocycles. The molecule has 0 aliphatic rings. The van der Waals surface area contributed by atoms with Crippen LogP contribution in [-0.4, -0.2) is 19.7 Å². The first-order valence-corrected chi connectivity index (χ1v) is 10.9. The number of halogens is 1. The van der Waals surface area contributed by atoms with Crippen LogP contribution in [0.2, 0.25) is 0 Å². The second-order valence-corrected chi connectivity index (χ2v) is 7.95. The Labute approximate surface area is 196 Å². The van der Waals surface area contributed by atoms with E-state index in [2.05, 4.69) is 50.2 Å². The van der Waals surface area contributed by atoms with Crippen LogP contribution < -0.4 is 4.74 Å². The minimum absolute atomic E-state index is 0.290. The molecule has 34 heavy (non-hydrogen) atoms. The molecule has 5 nitrogen and oxygen atoms in total. The number of ether oxygens (including phenoxy) is 1. The summed E-state index contributed by atoms with van der Waals surface area (Å²) in [6.07, 6.45) is 11.2. The van der Waals surface area contributed by atoms with E-state index in [4.69, 9.17) is 4.74 Å². The summed E-state index contributed by atoms with van der Waals surface area (Å²) in [5, 5.41) is 8.50. The summed E-state index contributed by atoms with van der Waals surface area (Å²) < 4.78 is 22.3. The lowest BCUT2D eigenvalue weighted by molar-refractivity contribution is 0.300. The lowest BCUT2D eigenvalue weighted by atomic mass is 10.1. The molecule has 0 radical (unpaired) electrons. The molecule has 5 aromatic rings. The van der Waals surface area contributed by atoms with Gasteiger partial charge in [0.1, 0.15) is 18.2 Å². The van der Waals surface area contributed by atoms with Crippen molar-refractivity contribution < 1.29 is 9.13 Å². The molecule has 0 unspecified atom stereocenters. The Bertz CT molecular complexity index is 1480. The third-order valence-corrected chi connectivity index (χ3v) is 5.50. The van der Waals surface area contributed by atoms with Gasteiger partial charge in [-0.2, -0.15) is 5.10 Å². The summed E-state index contributed by atoms with van der Waals surface area (Å²) in [7, 11) is 2.04. The van der Waals surface area contributed by atoms with E-state index >= 15 is 0 Å². The molecule has 0 saturated carbocycles. The number of hydrogen-bond donors (Lipinski definition) is 1. The van der Waals surface area contributed by atoms with Crippen LogP contribution in [0.1, 0.15) is 28.2 Å². The third-order valence-electron chi connectivity index (χ3n) is 5.50. The Balaban J connectivity index is 1.23. The highest BCUT2D eigenvalue weighted by molar-refractivity contribution is 5.84. The number of nitrogens with zero attached hydrogens (tertiary/aromatic N) is 3. The van der Waals surface area contributed by atoms with Crippen LogP contribution in [0.25, 0.3) is 35.2 Å². The summed E-state index contributed by atoms with van der Waals surface area (Å²) in [5.74, 6) is 0.0996. The smallest absolute Gasteiger partial charge is 0.134 e. The summed E-state index contributed by atoms with van der Waals surface area (Å²) >= 11 is 0. The number of aromatic nitrogens is 4. The molecule has 2 aromatic carbocycles. The molecular weight excluding hydrogens is 427 g/mol. The van der Waals surface area contributed by atoms with E-state index in [-0.39, 0.29) is 12.4 Å². The fraction of sp³-hybridized carbons (Fsp3) is 0.0714. The van der Waals surface area contributed by atoms with Gasteiger partial charge in [-0.05, 0) is 71.6 Å². The molecule has 0 atom stereocenters. The van der Waals surface area contributed by atoms with Gasteiger partial charge in [0, 0.05) is 36.6 Å². The molecule has 0 fully saturated rings. The van der Waals surface area contributed by atoms with Crippen LogP contribution in [0.4, 0.5) is 4.39 Å². The predicted molar refractivity (Wildman–Crippen MR) is 134 cm³/mol. The second kappa shape index (κ2) is 9.58. The highest BCUT2D eigenvalue weighted by atomic mass is 19.1. The number of H-pyrrole nitrogens is 1. The Kier molecular flexibility index (Phi) is 6.03. The molecule has 0 spiro atoms. The number of nitrogens with one attached hydrogen (secondary N) is 1. The second-order valence-electron chi connectivity index (χ2n) is 7.95. The van der Waals surface area contributed by atoms with Crippen LogP contribution in [0.5, 0.6) is 5.75 Å². The van der Waals surface area contributed by atoms with Crippen molar-refractivity contribution in [2.45, 2.75) is 6.61 Å². The van der Waals surface area contributed by atoms with Gasteiger partial charge in [-0.1, -0.05) is 24.3 Å². The van der Waals surface area contributed by atoms with Gasteiger partial charge >= 0.3 is 0 Å². The van der Waals surface area contributed by atoms with E-state index in [0.29, 0.717) is 17.0 Å². The minimum Gasteiger partial charge on any atom is -0.487 e. The first-order valence-electron chi connectivity index (χ1n) is 10.9. The van der Waals surface area contributed by atoms with Gasteiger partial charge in [-0.25, -0.2) is 4.39 Å². The van der Waals surface area contributed by atoms with E-state index in [9.17, 15) is 4.39 Å². The van der Waals surface area contributed by atoms with Gasteiger partial charge in [-0.15, -0.1) is 0 Å². The number of fused-ring (bicyclic) bond motifs is 1. The molecule has 0 aliphatic carbocycles. The fourth-order valence-corrected chi connectivity index (χ4v) is 3.64. The SMILES string of the molecule is Cn1ccc2ccc(/C=C/c3cc(/C=C/c4ccc(OCc5ccccn5)cc4F)n[nH]3)cc21. The molecule has 5 rings (SSSR count). The molecule has 0 aliphatic heterocycles. The monoisotopic (exact) mass is 450 g/mol. The topological polar surface area (TPSA) is 55.7 Å². The van der Waals surface area contributed by atoms with Crippen molar-refractivity contribution in [2.24, 2.45) is 7.05 Å². The zero-order valence-corrected chi connectivity index (χ0v) is 18.6. The zero-order chi connectivity index (χ0) is 23.3. The van der Waals surface area contributed by atoms with E-state index < -0.39 is 0 Å². The van der Waals surface area contributed by atoms with Crippen LogP contribution in [0.15, 0.2) is 79.1 Å². The third kappa shape index (κ3) is 4.96. The summed E-state index contributed by atoms with van der Waals surface area (Å²) in [4.78, 5) is 4.20. The molecule has 6 heteroatoms. The van der Waals surface area contributed by atoms with E-state index in [1.54, 1.807) is 30.5 Å². The highest BCUT2D eigenvalue weighted by Crippen LogP contribution is 2.21. The Morgan fingerprint density at radius 3 is 2.76 bits per heavy atom. The average molecular weight is 451 g/mol. The maximum absolute atomic E-state index is 14.5. The van der Waals surface area contributed by atoms with Gasteiger partial charge < -0.3 is 9.30 Å². The van der Waals surface area contributed by atoms with Gasteiger partial charge in [0.2, 0.25) is 0 Å². The van der Waals surface area contributed by atoms with E-state index in [1.165, 1.54) is 17.0 Å². The molecule has 1 N–H and O–H groups in total. The van der Waals surface area contributed by atoms with Gasteiger partial charge in [0.25, 0.3) is 0 Å². The normalized spacial score (nSPS) is 11.7. The Morgan fingerprint density at radius 2 is 1.91 bits per heavy atom. The van der Waals surface area contributed by atoms with Gasteiger partial charge in [-0.3, -0.25) is 10.1 Å². The van der Waals surface area contributed by atoms with Crippen molar-refractivity contribution in [3.63, 3.8) is 0 Å². The lowest BCUT2D eigenvalue weighted by Gasteiger charge is -2.06. The molecule has 0 amide bonds. The van der Waals surface area contributed by atoms with Crippen molar-refractivity contribution >= 4 is 35.2 Å². The van der Waals surface area contributed by atoms with E-state index in [0.717, 1.165) is 17.0 Å². The van der Waals surface area contributed by atoms with Crippen molar-refractivity contribution in [3.05, 3.63) is 113 Å². The first-order chi connectivity index (χ1) is 16.6. The Morgan fingerprint density at radius 1 is 0.971 bits per heavy atom. The summed E-state index contributed by atoms with van der Waals surface area (Å²) in [5.41, 5.74) is 5.12. The van der Waals surface area contributed by atoms with Crippen LogP contribution in [-0.2, 0) is 13.7 Å². The number of aromatic amines is 1. The standard InChI is InChI=1S/C28H23FN4O/c1-33-15-13-22-7-5-20(16-28(22)33)6-10-23-17-24(32-31-23)11-8-21-9-12-26(18-27(21)29)34-19-25-4-2-3-14-30-25/h2-18H,19H2,1H3,(H,31,32)/b10-6+,11-8+. The fourth-order valence-electron chi connectivity index (χ4n) is 3.64. The molecule has 0 saturated heterocycles. The number of rotatable bonds is 7. The minimum atomic E-state index is -0.360. The average Bonchev–Trinajstić information content (AvgIpc) is 3.48. The molecule has 3 aromatic heterocycles. The van der Waals surface area contributed by atoms with Gasteiger partial charge in [0.05, 0.1) is 17.1 Å². The maximum Gasteiger partial charge on any atom is 0.134 e. The van der Waals surface area contributed by atoms with Crippen LogP contribution in [0, 0.1) is 5.82 Å². The van der Waals surface area contributed by atoms with Crippen molar-refractivity contribution in [2.75, 3.05) is 0 Å². The van der Waals surface area contributed by atoms with E-state index in [1.807, 2.05) is 43.5 Å². The van der Waals surface area contributed by atoms with Crippen molar-refractivity contribution in [3.8, 4) is 5.75 Å². The number of pyridine rings is 1. The molecule has 168 valence electrons. The largest absolute Gasteiger partial charge is 0.487 e. The Hall–Kier alpha value is -4.45. The zero-order valence-electron chi connectivity index (χ0n) is 18.6. The molecular formula is C28H23FN4O. The highest BCUT2D eigenvalue weighted by Gasteiger charge is 2.04. The number of aryl methyl sites for hydroxylation is 1. The number of hydrogen-bond acceptors (Lipinski definition) is 3. The quantitative estimate of drug-likeness (QED) is 0.314. The van der Waals surface area contributed by atoms with Gasteiger partial charge in [0.15, 0.2) is 0 Å². The predicted octanol–water partition coefficient (Wildman–Crippen LogP) is 6.36. The first kappa shape index (κ1) is 21.4. The van der Waals surface area contributed by atoms with Crippen molar-refractivity contribution in [1.29, 1.82) is 0 Å².